The highest BCUT2D eigenvalue weighted by atomic mass is 35.5. The van der Waals surface area contributed by atoms with E-state index in [1.165, 1.54) is 37.8 Å². The summed E-state index contributed by atoms with van der Waals surface area (Å²) in [5, 5.41) is 4.05. The molecule has 4 heteroatoms. The lowest BCUT2D eigenvalue weighted by atomic mass is 9.74. The Labute approximate surface area is 132 Å². The van der Waals surface area contributed by atoms with Gasteiger partial charge in [0.05, 0.1) is 6.61 Å². The third-order valence-corrected chi connectivity index (χ3v) is 4.82. The first kappa shape index (κ1) is 16.7. The summed E-state index contributed by atoms with van der Waals surface area (Å²) < 4.78 is 18.5. The average Bonchev–Trinajstić information content (AvgIpc) is 2.70. The molecule has 0 heterocycles. The summed E-state index contributed by atoms with van der Waals surface area (Å²) in [6, 6.07) is 4.85. The highest BCUT2D eigenvalue weighted by Gasteiger charge is 2.34. The number of nitrogens with one attached hydrogen (secondary N) is 1. The van der Waals surface area contributed by atoms with Crippen LogP contribution >= 0.6 is 11.6 Å². The fourth-order valence-corrected chi connectivity index (χ4v) is 3.74. The van der Waals surface area contributed by atoms with E-state index in [0.29, 0.717) is 11.6 Å². The quantitative estimate of drug-likeness (QED) is 0.624. The van der Waals surface area contributed by atoms with Crippen LogP contribution < -0.4 is 5.32 Å². The van der Waals surface area contributed by atoms with Gasteiger partial charge in [0.25, 0.3) is 0 Å². The number of methoxy groups -OCH3 is 1. The zero-order valence-electron chi connectivity index (χ0n) is 12.8. The molecule has 0 spiro atoms. The largest absolute Gasteiger partial charge is 0.383 e. The Balaban J connectivity index is 2.21. The van der Waals surface area contributed by atoms with Crippen molar-refractivity contribution in [3.05, 3.63) is 34.6 Å². The molecule has 118 valence electrons. The van der Waals surface area contributed by atoms with Crippen LogP contribution in [0.15, 0.2) is 18.2 Å². The van der Waals surface area contributed by atoms with Crippen molar-refractivity contribution in [3.8, 4) is 0 Å². The molecule has 0 aliphatic heterocycles. The van der Waals surface area contributed by atoms with Crippen molar-refractivity contribution < 1.29 is 9.13 Å². The molecular weight excluding hydrogens is 289 g/mol. The Morgan fingerprint density at radius 1 is 1.24 bits per heavy atom. The van der Waals surface area contributed by atoms with E-state index < -0.39 is 0 Å². The van der Waals surface area contributed by atoms with Crippen LogP contribution in [-0.2, 0) is 10.2 Å². The number of ether oxygens (including phenoxy) is 1. The van der Waals surface area contributed by atoms with Gasteiger partial charge in [-0.25, -0.2) is 4.39 Å². The van der Waals surface area contributed by atoms with Crippen LogP contribution in [0.3, 0.4) is 0 Å². The van der Waals surface area contributed by atoms with Gasteiger partial charge in [0.15, 0.2) is 0 Å². The van der Waals surface area contributed by atoms with E-state index in [-0.39, 0.29) is 11.2 Å². The van der Waals surface area contributed by atoms with Gasteiger partial charge in [0.2, 0.25) is 0 Å². The fraction of sp³-hybridized carbons (Fsp3) is 0.647. The second kappa shape index (κ2) is 8.11. The maximum atomic E-state index is 13.4. The second-order valence-electron chi connectivity index (χ2n) is 5.99. The molecule has 1 fully saturated rings. The third kappa shape index (κ3) is 4.41. The van der Waals surface area contributed by atoms with Crippen LogP contribution in [0.1, 0.15) is 44.1 Å². The van der Waals surface area contributed by atoms with Gasteiger partial charge in [-0.05, 0) is 30.5 Å². The lowest BCUT2D eigenvalue weighted by Crippen LogP contribution is -2.39. The van der Waals surface area contributed by atoms with Gasteiger partial charge < -0.3 is 10.1 Å². The van der Waals surface area contributed by atoms with Crippen molar-refractivity contribution in [1.29, 1.82) is 0 Å². The first-order chi connectivity index (χ1) is 10.2. The zero-order valence-corrected chi connectivity index (χ0v) is 13.5. The molecule has 0 atom stereocenters. The van der Waals surface area contributed by atoms with Gasteiger partial charge in [0.1, 0.15) is 5.82 Å². The number of rotatable bonds is 6. The minimum absolute atomic E-state index is 0.0228. The summed E-state index contributed by atoms with van der Waals surface area (Å²) in [7, 11) is 1.71. The molecule has 1 saturated carbocycles. The number of benzene rings is 1. The average molecular weight is 314 g/mol. The van der Waals surface area contributed by atoms with Gasteiger partial charge >= 0.3 is 0 Å². The van der Waals surface area contributed by atoms with E-state index in [9.17, 15) is 4.39 Å². The number of halogens is 2. The summed E-state index contributed by atoms with van der Waals surface area (Å²) in [6.07, 6.45) is 7.19. The lowest BCUT2D eigenvalue weighted by Gasteiger charge is -2.34. The predicted molar refractivity (Wildman–Crippen MR) is 85.5 cm³/mol. The van der Waals surface area contributed by atoms with Gasteiger partial charge in [-0.1, -0.05) is 43.4 Å². The van der Waals surface area contributed by atoms with Crippen LogP contribution in [0.25, 0.3) is 0 Å². The summed E-state index contributed by atoms with van der Waals surface area (Å²) in [5.41, 5.74) is 1.12. The normalized spacial score (nSPS) is 18.4. The van der Waals surface area contributed by atoms with Crippen LogP contribution in [0.5, 0.6) is 0 Å². The Morgan fingerprint density at radius 3 is 2.57 bits per heavy atom. The zero-order chi connectivity index (χ0) is 15.1. The number of hydrogen-bond donors (Lipinski definition) is 1. The molecule has 0 amide bonds. The van der Waals surface area contributed by atoms with Crippen LogP contribution in [0, 0.1) is 5.82 Å². The molecular formula is C17H25ClFNO. The van der Waals surface area contributed by atoms with Crippen molar-refractivity contribution >= 4 is 11.6 Å². The minimum Gasteiger partial charge on any atom is -0.383 e. The van der Waals surface area contributed by atoms with E-state index in [2.05, 4.69) is 5.32 Å². The molecule has 1 aromatic rings. The van der Waals surface area contributed by atoms with E-state index in [1.807, 2.05) is 6.07 Å². The molecule has 1 N–H and O–H groups in total. The highest BCUT2D eigenvalue weighted by Crippen LogP contribution is 2.41. The molecule has 2 rings (SSSR count). The van der Waals surface area contributed by atoms with Crippen molar-refractivity contribution in [3.63, 3.8) is 0 Å². The summed E-state index contributed by atoms with van der Waals surface area (Å²) >= 11 is 6.35. The molecule has 0 saturated heterocycles. The Hall–Kier alpha value is -0.640. The smallest absolute Gasteiger partial charge is 0.124 e. The summed E-state index contributed by atoms with van der Waals surface area (Å²) in [4.78, 5) is 0. The van der Waals surface area contributed by atoms with Gasteiger partial charge in [-0.15, -0.1) is 0 Å². The second-order valence-corrected chi connectivity index (χ2v) is 6.40. The SMILES string of the molecule is COCCNCC1(c2ccc(F)cc2Cl)CCCCCC1. The third-order valence-electron chi connectivity index (χ3n) is 4.51. The standard InChI is InChI=1S/C17H25ClFNO/c1-21-11-10-20-13-17(8-4-2-3-5-9-17)15-7-6-14(19)12-16(15)18/h6-7,12,20H,2-5,8-11,13H2,1H3. The molecule has 0 unspecified atom stereocenters. The molecule has 0 bridgehead atoms. The number of hydrogen-bond acceptors (Lipinski definition) is 2. The predicted octanol–water partition coefficient (Wildman–Crippen LogP) is 4.31. The van der Waals surface area contributed by atoms with Gasteiger partial charge in [-0.2, -0.15) is 0 Å². The van der Waals surface area contributed by atoms with Gasteiger partial charge in [0, 0.05) is 30.6 Å². The molecule has 1 aromatic carbocycles. The first-order valence-corrected chi connectivity index (χ1v) is 8.21. The maximum absolute atomic E-state index is 13.4. The van der Waals surface area contributed by atoms with E-state index in [4.69, 9.17) is 16.3 Å². The highest BCUT2D eigenvalue weighted by molar-refractivity contribution is 6.31. The van der Waals surface area contributed by atoms with E-state index >= 15 is 0 Å². The Kier molecular flexibility index (Phi) is 6.46. The fourth-order valence-electron chi connectivity index (χ4n) is 3.37. The van der Waals surface area contributed by atoms with Crippen LogP contribution in [0.2, 0.25) is 5.02 Å². The molecule has 0 radical (unpaired) electrons. The van der Waals surface area contributed by atoms with Crippen molar-refractivity contribution in [2.75, 3.05) is 26.8 Å². The molecule has 21 heavy (non-hydrogen) atoms. The summed E-state index contributed by atoms with van der Waals surface area (Å²) in [5.74, 6) is -0.264. The Bertz CT molecular complexity index is 444. The van der Waals surface area contributed by atoms with E-state index in [1.54, 1.807) is 7.11 Å². The summed E-state index contributed by atoms with van der Waals surface area (Å²) in [6.45, 7) is 2.41. The molecule has 1 aliphatic carbocycles. The topological polar surface area (TPSA) is 21.3 Å². The first-order valence-electron chi connectivity index (χ1n) is 7.83. The molecule has 2 nitrogen and oxygen atoms in total. The van der Waals surface area contributed by atoms with Crippen LogP contribution in [-0.4, -0.2) is 26.8 Å². The maximum Gasteiger partial charge on any atom is 0.124 e. The van der Waals surface area contributed by atoms with Crippen molar-refractivity contribution in [2.45, 2.75) is 43.9 Å². The Morgan fingerprint density at radius 2 is 1.95 bits per heavy atom. The van der Waals surface area contributed by atoms with Gasteiger partial charge in [-0.3, -0.25) is 0 Å². The monoisotopic (exact) mass is 313 g/mol. The molecule has 0 aromatic heterocycles. The molecule has 1 aliphatic rings. The van der Waals surface area contributed by atoms with Crippen molar-refractivity contribution in [2.24, 2.45) is 0 Å². The lowest BCUT2D eigenvalue weighted by molar-refractivity contribution is 0.195. The van der Waals surface area contributed by atoms with E-state index in [0.717, 1.165) is 31.5 Å². The van der Waals surface area contributed by atoms with Crippen molar-refractivity contribution in [1.82, 2.24) is 5.32 Å². The van der Waals surface area contributed by atoms with Crippen LogP contribution in [0.4, 0.5) is 4.39 Å². The minimum atomic E-state index is -0.264.